The number of esters is 1. The lowest BCUT2D eigenvalue weighted by Gasteiger charge is -2.25. The molecule has 1 aromatic carbocycles. The van der Waals surface area contributed by atoms with Crippen LogP contribution in [-0.2, 0) is 21.5 Å². The molecule has 1 aliphatic rings. The molecule has 1 fully saturated rings. The van der Waals surface area contributed by atoms with Gasteiger partial charge in [-0.05, 0) is 22.6 Å². The lowest BCUT2D eigenvalue weighted by atomic mass is 9.85. The van der Waals surface area contributed by atoms with Gasteiger partial charge in [0.1, 0.15) is 11.8 Å². The normalized spacial score (nSPS) is 22.8. The molecule has 0 amide bonds. The van der Waals surface area contributed by atoms with Crippen LogP contribution < -0.4 is 0 Å². The third kappa shape index (κ3) is 3.59. The molecule has 0 spiro atoms. The number of likely N-dealkylation sites (tertiary alicyclic amines) is 1. The van der Waals surface area contributed by atoms with Crippen LogP contribution in [0.4, 0.5) is 0 Å². The van der Waals surface area contributed by atoms with Crippen LogP contribution in [0.15, 0.2) is 18.2 Å². The summed E-state index contributed by atoms with van der Waals surface area (Å²) in [5, 5.41) is 19.9. The highest BCUT2D eigenvalue weighted by molar-refractivity contribution is 5.76. The van der Waals surface area contributed by atoms with E-state index in [1.165, 1.54) is 7.11 Å². The van der Waals surface area contributed by atoms with Crippen molar-refractivity contribution in [2.45, 2.75) is 51.3 Å². The van der Waals surface area contributed by atoms with Gasteiger partial charge in [0.05, 0.1) is 13.2 Å². The number of phenols is 1. The van der Waals surface area contributed by atoms with E-state index >= 15 is 0 Å². The molecule has 2 N–H and O–H groups in total. The van der Waals surface area contributed by atoms with Crippen LogP contribution in [0.3, 0.4) is 0 Å². The Bertz CT molecular complexity index is 550. The fourth-order valence-electron chi connectivity index (χ4n) is 2.95. The smallest absolute Gasteiger partial charge is 0.323 e. The van der Waals surface area contributed by atoms with Gasteiger partial charge < -0.3 is 14.9 Å². The highest BCUT2D eigenvalue weighted by Gasteiger charge is 2.36. The molecule has 122 valence electrons. The van der Waals surface area contributed by atoms with E-state index in [9.17, 15) is 15.0 Å². The fraction of sp³-hybridized carbons (Fsp3) is 0.588. The Morgan fingerprint density at radius 2 is 2.09 bits per heavy atom. The number of hydrogen-bond donors (Lipinski definition) is 2. The summed E-state index contributed by atoms with van der Waals surface area (Å²) in [6.45, 7) is 7.12. The minimum Gasteiger partial charge on any atom is -0.508 e. The maximum absolute atomic E-state index is 11.8. The molecule has 0 aliphatic carbocycles. The number of benzene rings is 1. The van der Waals surface area contributed by atoms with Gasteiger partial charge >= 0.3 is 5.97 Å². The van der Waals surface area contributed by atoms with Crippen molar-refractivity contribution in [2.24, 2.45) is 0 Å². The second-order valence-corrected chi connectivity index (χ2v) is 6.96. The summed E-state index contributed by atoms with van der Waals surface area (Å²) in [6, 6.07) is 5.10. The first kappa shape index (κ1) is 16.8. The lowest BCUT2D eigenvalue weighted by molar-refractivity contribution is -0.146. The average Bonchev–Trinajstić information content (AvgIpc) is 2.79. The van der Waals surface area contributed by atoms with Crippen LogP contribution in [0.2, 0.25) is 0 Å². The molecular formula is C17H25NO4. The highest BCUT2D eigenvalue weighted by atomic mass is 16.5. The maximum atomic E-state index is 11.8. The van der Waals surface area contributed by atoms with Gasteiger partial charge in [-0.25, -0.2) is 0 Å². The minimum absolute atomic E-state index is 0.160. The van der Waals surface area contributed by atoms with Crippen molar-refractivity contribution in [3.63, 3.8) is 0 Å². The molecule has 22 heavy (non-hydrogen) atoms. The predicted molar refractivity (Wildman–Crippen MR) is 83.6 cm³/mol. The summed E-state index contributed by atoms with van der Waals surface area (Å²) >= 11 is 0. The zero-order valence-corrected chi connectivity index (χ0v) is 13.7. The Morgan fingerprint density at radius 1 is 1.41 bits per heavy atom. The number of phenolic OH excluding ortho intramolecular Hbond substituents is 1. The first-order chi connectivity index (χ1) is 10.2. The number of β-amino-alcohol motifs (C(OH)–C–C–N with tert-alkyl or cyclic N) is 1. The lowest BCUT2D eigenvalue weighted by Crippen LogP contribution is -2.36. The van der Waals surface area contributed by atoms with Gasteiger partial charge in [0.2, 0.25) is 0 Å². The molecule has 2 unspecified atom stereocenters. The zero-order chi connectivity index (χ0) is 16.5. The number of ether oxygens (including phenoxy) is 1. The van der Waals surface area contributed by atoms with E-state index in [-0.39, 0.29) is 17.1 Å². The standard InChI is InChI=1S/C17H25NO4/c1-17(2,3)13-7-11(5-6-15(13)20)9-18-10-12(19)8-14(18)16(21)22-4/h5-7,12,14,19-20H,8-10H2,1-4H3. The first-order valence-electron chi connectivity index (χ1n) is 7.54. The number of rotatable bonds is 3. The monoisotopic (exact) mass is 307 g/mol. The quantitative estimate of drug-likeness (QED) is 0.833. The van der Waals surface area contributed by atoms with Crippen molar-refractivity contribution in [1.82, 2.24) is 4.90 Å². The minimum atomic E-state index is -0.511. The number of aromatic hydroxyl groups is 1. The third-order valence-corrected chi connectivity index (χ3v) is 4.11. The molecule has 2 atom stereocenters. The molecule has 0 saturated carbocycles. The van der Waals surface area contributed by atoms with E-state index in [4.69, 9.17) is 4.74 Å². The highest BCUT2D eigenvalue weighted by Crippen LogP contribution is 2.32. The number of aliphatic hydroxyl groups excluding tert-OH is 1. The van der Waals surface area contributed by atoms with Crippen molar-refractivity contribution in [1.29, 1.82) is 0 Å². The number of hydrogen-bond acceptors (Lipinski definition) is 5. The molecule has 0 bridgehead atoms. The molecule has 0 radical (unpaired) electrons. The van der Waals surface area contributed by atoms with E-state index in [2.05, 4.69) is 0 Å². The fourth-order valence-corrected chi connectivity index (χ4v) is 2.95. The first-order valence-corrected chi connectivity index (χ1v) is 7.54. The van der Waals surface area contributed by atoms with E-state index in [0.29, 0.717) is 19.5 Å². The number of nitrogens with zero attached hydrogens (tertiary/aromatic N) is 1. The average molecular weight is 307 g/mol. The van der Waals surface area contributed by atoms with Gasteiger partial charge in [-0.1, -0.05) is 32.9 Å². The maximum Gasteiger partial charge on any atom is 0.323 e. The van der Waals surface area contributed by atoms with Gasteiger partial charge in [0, 0.05) is 19.5 Å². The molecular weight excluding hydrogens is 282 g/mol. The number of methoxy groups -OCH3 is 1. The molecule has 1 aromatic rings. The van der Waals surface area contributed by atoms with Crippen LogP contribution in [0.5, 0.6) is 5.75 Å². The van der Waals surface area contributed by atoms with E-state index in [1.54, 1.807) is 6.07 Å². The largest absolute Gasteiger partial charge is 0.508 e. The third-order valence-electron chi connectivity index (χ3n) is 4.11. The molecule has 1 aliphatic heterocycles. The summed E-state index contributed by atoms with van der Waals surface area (Å²) in [4.78, 5) is 13.8. The summed E-state index contributed by atoms with van der Waals surface area (Å²) in [6.07, 6.45) is -0.111. The zero-order valence-electron chi connectivity index (χ0n) is 13.7. The summed E-state index contributed by atoms with van der Waals surface area (Å²) < 4.78 is 4.82. The van der Waals surface area contributed by atoms with Gasteiger partial charge in [-0.2, -0.15) is 0 Å². The van der Waals surface area contributed by atoms with Gasteiger partial charge in [0.15, 0.2) is 0 Å². The van der Waals surface area contributed by atoms with Crippen molar-refractivity contribution in [3.8, 4) is 5.75 Å². The Balaban J connectivity index is 2.21. The number of aliphatic hydroxyl groups is 1. The van der Waals surface area contributed by atoms with Crippen molar-refractivity contribution >= 4 is 5.97 Å². The van der Waals surface area contributed by atoms with E-state index < -0.39 is 12.1 Å². The summed E-state index contributed by atoms with van der Waals surface area (Å²) in [7, 11) is 1.36. The summed E-state index contributed by atoms with van der Waals surface area (Å²) in [5.41, 5.74) is 1.72. The summed E-state index contributed by atoms with van der Waals surface area (Å²) in [5.74, 6) is -0.0337. The van der Waals surface area contributed by atoms with Crippen LogP contribution in [0.25, 0.3) is 0 Å². The van der Waals surface area contributed by atoms with Crippen molar-refractivity contribution in [2.75, 3.05) is 13.7 Å². The predicted octanol–water partition coefficient (Wildman–Crippen LogP) is 1.80. The number of carbonyl (C=O) groups is 1. The van der Waals surface area contributed by atoms with Gasteiger partial charge in [0.25, 0.3) is 0 Å². The van der Waals surface area contributed by atoms with Gasteiger partial charge in [-0.15, -0.1) is 0 Å². The molecule has 1 heterocycles. The molecule has 0 aromatic heterocycles. The molecule has 5 nitrogen and oxygen atoms in total. The Labute approximate surface area is 131 Å². The van der Waals surface area contributed by atoms with Gasteiger partial charge in [-0.3, -0.25) is 9.69 Å². The SMILES string of the molecule is COC(=O)C1CC(O)CN1Cc1ccc(O)c(C(C)(C)C)c1. The Morgan fingerprint density at radius 3 is 2.68 bits per heavy atom. The van der Waals surface area contributed by atoms with Crippen LogP contribution >= 0.6 is 0 Å². The van der Waals surface area contributed by atoms with Crippen LogP contribution in [-0.4, -0.2) is 46.9 Å². The van der Waals surface area contributed by atoms with Crippen molar-refractivity contribution < 1.29 is 19.7 Å². The molecule has 2 rings (SSSR count). The molecule has 1 saturated heterocycles. The Hall–Kier alpha value is -1.59. The second-order valence-electron chi connectivity index (χ2n) is 6.96. The van der Waals surface area contributed by atoms with E-state index in [1.807, 2.05) is 37.8 Å². The van der Waals surface area contributed by atoms with Crippen LogP contribution in [0, 0.1) is 0 Å². The molecule has 5 heteroatoms. The topological polar surface area (TPSA) is 70.0 Å². The van der Waals surface area contributed by atoms with Crippen LogP contribution in [0.1, 0.15) is 38.3 Å². The Kier molecular flexibility index (Phi) is 4.78. The number of carbonyl (C=O) groups excluding carboxylic acids is 1. The van der Waals surface area contributed by atoms with Crippen molar-refractivity contribution in [3.05, 3.63) is 29.3 Å². The van der Waals surface area contributed by atoms with E-state index in [0.717, 1.165) is 11.1 Å². The second kappa shape index (κ2) is 6.26.